The fourth-order valence-electron chi connectivity index (χ4n) is 2.18. The highest BCUT2D eigenvalue weighted by Crippen LogP contribution is 2.28. The number of rotatable bonds is 2. The summed E-state index contributed by atoms with van der Waals surface area (Å²) in [6, 6.07) is 4.45. The molecule has 4 N–H and O–H groups in total. The van der Waals surface area contributed by atoms with E-state index in [1.165, 1.54) is 5.56 Å². The highest BCUT2D eigenvalue weighted by molar-refractivity contribution is 5.22. The van der Waals surface area contributed by atoms with Crippen LogP contribution in [0.4, 0.5) is 0 Å². The van der Waals surface area contributed by atoms with Gasteiger partial charge in [-0.05, 0) is 23.6 Å². The van der Waals surface area contributed by atoms with Crippen LogP contribution in [0.5, 0.6) is 0 Å². The van der Waals surface area contributed by atoms with Gasteiger partial charge >= 0.3 is 0 Å². The van der Waals surface area contributed by atoms with Crippen LogP contribution < -0.4 is 16.6 Å². The topological polar surface area (TPSA) is 63.0 Å². The third-order valence-corrected chi connectivity index (χ3v) is 3.00. The molecule has 0 aliphatic carbocycles. The summed E-state index contributed by atoms with van der Waals surface area (Å²) < 4.78 is 0. The van der Waals surface area contributed by atoms with Gasteiger partial charge in [-0.2, -0.15) is 0 Å². The molecule has 0 amide bonds. The summed E-state index contributed by atoms with van der Waals surface area (Å²) in [4.78, 5) is 4.03. The van der Waals surface area contributed by atoms with E-state index in [0.717, 1.165) is 0 Å². The van der Waals surface area contributed by atoms with E-state index in [4.69, 9.17) is 5.73 Å². The zero-order chi connectivity index (χ0) is 10.8. The minimum atomic E-state index is -0.0280. The van der Waals surface area contributed by atoms with Crippen LogP contribution in [-0.2, 0) is 0 Å². The van der Waals surface area contributed by atoms with Crippen molar-refractivity contribution in [2.75, 3.05) is 0 Å². The van der Waals surface area contributed by atoms with E-state index in [1.807, 2.05) is 24.5 Å². The summed E-state index contributed by atoms with van der Waals surface area (Å²) in [7, 11) is 0. The molecule has 0 spiro atoms. The molecule has 4 nitrogen and oxygen atoms in total. The molecule has 4 heteroatoms. The standard InChI is InChI=1S/C11H18N4/c1-7(2)10-9(11(12)15-14-10)8-3-5-13-6-4-8/h3-7,9-11,14-15H,12H2,1-2H3. The minimum Gasteiger partial charge on any atom is -0.314 e. The average molecular weight is 206 g/mol. The van der Waals surface area contributed by atoms with Crippen molar-refractivity contribution in [2.24, 2.45) is 11.7 Å². The summed E-state index contributed by atoms with van der Waals surface area (Å²) >= 11 is 0. The van der Waals surface area contributed by atoms with Gasteiger partial charge in [-0.15, -0.1) is 0 Å². The first-order valence-corrected chi connectivity index (χ1v) is 5.36. The lowest BCUT2D eigenvalue weighted by molar-refractivity contribution is 0.402. The molecule has 2 heterocycles. The van der Waals surface area contributed by atoms with E-state index >= 15 is 0 Å². The lowest BCUT2D eigenvalue weighted by Crippen LogP contribution is -2.39. The van der Waals surface area contributed by atoms with Gasteiger partial charge in [-0.1, -0.05) is 13.8 Å². The van der Waals surface area contributed by atoms with Gasteiger partial charge in [-0.25, -0.2) is 5.43 Å². The first-order valence-electron chi connectivity index (χ1n) is 5.36. The van der Waals surface area contributed by atoms with Crippen LogP contribution in [0.25, 0.3) is 0 Å². The third kappa shape index (κ3) is 2.02. The van der Waals surface area contributed by atoms with Crippen LogP contribution >= 0.6 is 0 Å². The van der Waals surface area contributed by atoms with E-state index in [0.29, 0.717) is 17.9 Å². The second-order valence-electron chi connectivity index (χ2n) is 4.39. The van der Waals surface area contributed by atoms with Crippen molar-refractivity contribution >= 4 is 0 Å². The second-order valence-corrected chi connectivity index (χ2v) is 4.39. The van der Waals surface area contributed by atoms with Crippen molar-refractivity contribution < 1.29 is 0 Å². The molecule has 2 rings (SSSR count). The van der Waals surface area contributed by atoms with Crippen molar-refractivity contribution in [3.8, 4) is 0 Å². The molecule has 0 aromatic carbocycles. The van der Waals surface area contributed by atoms with E-state index in [2.05, 4.69) is 29.7 Å². The third-order valence-electron chi connectivity index (χ3n) is 3.00. The van der Waals surface area contributed by atoms with Crippen LogP contribution in [0.2, 0.25) is 0 Å². The average Bonchev–Trinajstić information content (AvgIpc) is 2.61. The van der Waals surface area contributed by atoms with Crippen LogP contribution in [0, 0.1) is 5.92 Å². The molecule has 0 saturated carbocycles. The number of nitrogens with one attached hydrogen (secondary N) is 2. The molecular weight excluding hydrogens is 188 g/mol. The largest absolute Gasteiger partial charge is 0.314 e. The van der Waals surface area contributed by atoms with Crippen LogP contribution in [0.15, 0.2) is 24.5 Å². The van der Waals surface area contributed by atoms with E-state index in [-0.39, 0.29) is 6.17 Å². The van der Waals surface area contributed by atoms with E-state index in [9.17, 15) is 0 Å². The summed E-state index contributed by atoms with van der Waals surface area (Å²) in [5.74, 6) is 0.859. The molecule has 0 radical (unpaired) electrons. The van der Waals surface area contributed by atoms with Gasteiger partial charge in [0.15, 0.2) is 0 Å². The number of nitrogens with zero attached hydrogens (tertiary/aromatic N) is 1. The normalized spacial score (nSPS) is 31.1. The molecule has 15 heavy (non-hydrogen) atoms. The maximum Gasteiger partial charge on any atom is 0.0764 e. The molecule has 1 aliphatic heterocycles. The fourth-order valence-corrected chi connectivity index (χ4v) is 2.18. The maximum absolute atomic E-state index is 6.05. The zero-order valence-electron chi connectivity index (χ0n) is 9.14. The summed E-state index contributed by atoms with van der Waals surface area (Å²) in [5.41, 5.74) is 13.7. The molecule has 3 atom stereocenters. The molecule has 0 bridgehead atoms. The van der Waals surface area contributed by atoms with Gasteiger partial charge in [0.05, 0.1) is 6.17 Å². The van der Waals surface area contributed by atoms with Crippen LogP contribution in [0.1, 0.15) is 25.3 Å². The Bertz CT molecular complexity index is 312. The van der Waals surface area contributed by atoms with Crippen molar-refractivity contribution in [2.45, 2.75) is 32.0 Å². The molecule has 1 aromatic heterocycles. The van der Waals surface area contributed by atoms with Crippen molar-refractivity contribution in [3.05, 3.63) is 30.1 Å². The Labute approximate surface area is 90.2 Å². The van der Waals surface area contributed by atoms with Gasteiger partial charge < -0.3 is 5.73 Å². The quantitative estimate of drug-likeness (QED) is 0.662. The number of pyridine rings is 1. The molecule has 1 fully saturated rings. The maximum atomic E-state index is 6.05. The van der Waals surface area contributed by atoms with Crippen molar-refractivity contribution in [1.82, 2.24) is 15.8 Å². The van der Waals surface area contributed by atoms with Crippen molar-refractivity contribution in [1.29, 1.82) is 0 Å². The molecule has 1 aromatic rings. The molecule has 3 unspecified atom stereocenters. The second kappa shape index (κ2) is 4.26. The first kappa shape index (κ1) is 10.5. The Morgan fingerprint density at radius 1 is 1.27 bits per heavy atom. The summed E-state index contributed by atoms with van der Waals surface area (Å²) in [6.07, 6.45) is 3.61. The van der Waals surface area contributed by atoms with Crippen LogP contribution in [-0.4, -0.2) is 17.2 Å². The predicted molar refractivity (Wildman–Crippen MR) is 59.9 cm³/mol. The number of hydrazine groups is 1. The first-order chi connectivity index (χ1) is 7.20. The minimum absolute atomic E-state index is 0.0280. The number of aromatic nitrogens is 1. The molecular formula is C11H18N4. The van der Waals surface area contributed by atoms with Gasteiger partial charge in [0.1, 0.15) is 0 Å². The van der Waals surface area contributed by atoms with Crippen molar-refractivity contribution in [3.63, 3.8) is 0 Å². The molecule has 1 aliphatic rings. The van der Waals surface area contributed by atoms with Gasteiger partial charge in [0, 0.05) is 24.4 Å². The summed E-state index contributed by atoms with van der Waals surface area (Å²) in [5, 5.41) is 0. The SMILES string of the molecule is CC(C)C1NNC(N)C1c1ccncc1. The Morgan fingerprint density at radius 2 is 1.93 bits per heavy atom. The van der Waals surface area contributed by atoms with Gasteiger partial charge in [0.2, 0.25) is 0 Å². The van der Waals surface area contributed by atoms with Gasteiger partial charge in [-0.3, -0.25) is 10.4 Å². The lowest BCUT2D eigenvalue weighted by atomic mass is 9.85. The summed E-state index contributed by atoms with van der Waals surface area (Å²) in [6.45, 7) is 4.40. The Morgan fingerprint density at radius 3 is 2.53 bits per heavy atom. The smallest absolute Gasteiger partial charge is 0.0764 e. The predicted octanol–water partition coefficient (Wildman–Crippen LogP) is 0.582. The highest BCUT2D eigenvalue weighted by atomic mass is 15.5. The molecule has 1 saturated heterocycles. The zero-order valence-corrected chi connectivity index (χ0v) is 9.14. The number of nitrogens with two attached hydrogens (primary N) is 1. The van der Waals surface area contributed by atoms with E-state index < -0.39 is 0 Å². The monoisotopic (exact) mass is 206 g/mol. The lowest BCUT2D eigenvalue weighted by Gasteiger charge is -2.23. The van der Waals surface area contributed by atoms with Crippen LogP contribution in [0.3, 0.4) is 0 Å². The van der Waals surface area contributed by atoms with Gasteiger partial charge in [0.25, 0.3) is 0 Å². The van der Waals surface area contributed by atoms with E-state index in [1.54, 1.807) is 0 Å². The number of hydrogen-bond donors (Lipinski definition) is 3. The fraction of sp³-hybridized carbons (Fsp3) is 0.545. The Hall–Kier alpha value is -0.970. The highest BCUT2D eigenvalue weighted by Gasteiger charge is 2.36. The number of hydrogen-bond acceptors (Lipinski definition) is 4. The Balaban J connectivity index is 2.25. The molecule has 82 valence electrons. The Kier molecular flexibility index (Phi) is 3.00.